The van der Waals surface area contributed by atoms with E-state index in [1.54, 1.807) is 6.20 Å². The average molecular weight is 426 g/mol. The van der Waals surface area contributed by atoms with Crippen molar-refractivity contribution in [3.8, 4) is 16.3 Å². The number of para-hydroxylation sites is 1. The summed E-state index contributed by atoms with van der Waals surface area (Å²) >= 11 is 1.42. The number of anilines is 1. The molecule has 0 bridgehead atoms. The van der Waals surface area contributed by atoms with Crippen LogP contribution in [0.15, 0.2) is 72.9 Å². The van der Waals surface area contributed by atoms with Gasteiger partial charge in [-0.3, -0.25) is 19.7 Å². The van der Waals surface area contributed by atoms with Gasteiger partial charge in [0.25, 0.3) is 5.91 Å². The number of fused-ring (bicyclic) bond motifs is 1. The summed E-state index contributed by atoms with van der Waals surface area (Å²) in [6, 6.07) is 21.4. The van der Waals surface area contributed by atoms with Gasteiger partial charge in [-0.05, 0) is 56.3 Å². The second kappa shape index (κ2) is 7.77. The van der Waals surface area contributed by atoms with Gasteiger partial charge in [-0.15, -0.1) is 0 Å². The normalized spacial score (nSPS) is 11.0. The molecule has 0 aliphatic rings. The predicted octanol–water partition coefficient (Wildman–Crippen LogP) is 5.41. The number of imidazole rings is 1. The lowest BCUT2D eigenvalue weighted by molar-refractivity contribution is 0.102. The SMILES string of the molecule is Cc1nc(NC(=O)c2ccc3c(c2)nc(C)n3-c2ccccc2)sc1-c1ccccn1. The van der Waals surface area contributed by atoms with Crippen molar-refractivity contribution < 1.29 is 4.79 Å². The number of hydrogen-bond donors (Lipinski definition) is 1. The molecule has 0 fully saturated rings. The van der Waals surface area contributed by atoms with E-state index in [4.69, 9.17) is 0 Å². The Bertz CT molecular complexity index is 1390. The molecule has 0 aliphatic heterocycles. The van der Waals surface area contributed by atoms with Crippen LogP contribution in [0.5, 0.6) is 0 Å². The molecule has 0 unspecified atom stereocenters. The number of thiazole rings is 1. The zero-order valence-corrected chi connectivity index (χ0v) is 17.9. The number of amides is 1. The highest BCUT2D eigenvalue weighted by atomic mass is 32.1. The van der Waals surface area contributed by atoms with Gasteiger partial charge < -0.3 is 0 Å². The molecule has 0 aliphatic carbocycles. The first kappa shape index (κ1) is 19.1. The third-order valence-electron chi connectivity index (χ3n) is 5.01. The molecule has 3 heterocycles. The van der Waals surface area contributed by atoms with E-state index < -0.39 is 0 Å². The second-order valence-electron chi connectivity index (χ2n) is 7.14. The summed E-state index contributed by atoms with van der Waals surface area (Å²) in [6.07, 6.45) is 1.75. The summed E-state index contributed by atoms with van der Waals surface area (Å²) in [4.78, 5) is 27.4. The van der Waals surface area contributed by atoms with E-state index in [1.807, 2.05) is 80.6 Å². The number of carbonyl (C=O) groups excluding carboxylic acids is 1. The molecule has 2 aromatic carbocycles. The fourth-order valence-electron chi connectivity index (χ4n) is 3.60. The maximum Gasteiger partial charge on any atom is 0.257 e. The number of aromatic nitrogens is 4. The number of nitrogens with one attached hydrogen (secondary N) is 1. The number of benzene rings is 2. The van der Waals surface area contributed by atoms with Crippen molar-refractivity contribution in [2.45, 2.75) is 13.8 Å². The molecular formula is C24H19N5OS. The van der Waals surface area contributed by atoms with Crippen LogP contribution in [0.25, 0.3) is 27.3 Å². The zero-order valence-electron chi connectivity index (χ0n) is 17.0. The van der Waals surface area contributed by atoms with Crippen LogP contribution in [0.4, 0.5) is 5.13 Å². The van der Waals surface area contributed by atoms with Crippen molar-refractivity contribution in [2.75, 3.05) is 5.32 Å². The average Bonchev–Trinajstić information content (AvgIpc) is 3.32. The Kier molecular flexibility index (Phi) is 4.80. The second-order valence-corrected chi connectivity index (χ2v) is 8.14. The van der Waals surface area contributed by atoms with Crippen LogP contribution in [0.2, 0.25) is 0 Å². The van der Waals surface area contributed by atoms with E-state index >= 15 is 0 Å². The Labute approximate surface area is 183 Å². The summed E-state index contributed by atoms with van der Waals surface area (Å²) in [7, 11) is 0. The van der Waals surface area contributed by atoms with Gasteiger partial charge in [0.05, 0.1) is 27.3 Å². The zero-order chi connectivity index (χ0) is 21.4. The molecule has 5 rings (SSSR count). The van der Waals surface area contributed by atoms with Crippen LogP contribution in [0.3, 0.4) is 0 Å². The topological polar surface area (TPSA) is 72.7 Å². The quantitative estimate of drug-likeness (QED) is 0.418. The number of carbonyl (C=O) groups is 1. The van der Waals surface area contributed by atoms with Gasteiger partial charge in [0.2, 0.25) is 0 Å². The Morgan fingerprint density at radius 3 is 2.55 bits per heavy atom. The summed E-state index contributed by atoms with van der Waals surface area (Å²) < 4.78 is 2.08. The number of pyridine rings is 1. The Morgan fingerprint density at radius 2 is 1.77 bits per heavy atom. The minimum absolute atomic E-state index is 0.213. The van der Waals surface area contributed by atoms with E-state index in [1.165, 1.54) is 11.3 Å². The Morgan fingerprint density at radius 1 is 0.968 bits per heavy atom. The third-order valence-corrected chi connectivity index (χ3v) is 6.11. The minimum Gasteiger partial charge on any atom is -0.298 e. The first-order valence-corrected chi connectivity index (χ1v) is 10.7. The number of aryl methyl sites for hydroxylation is 2. The third kappa shape index (κ3) is 3.60. The largest absolute Gasteiger partial charge is 0.298 e. The maximum absolute atomic E-state index is 12.9. The van der Waals surface area contributed by atoms with E-state index in [9.17, 15) is 4.79 Å². The lowest BCUT2D eigenvalue weighted by Crippen LogP contribution is -2.11. The molecule has 31 heavy (non-hydrogen) atoms. The van der Waals surface area contributed by atoms with Crippen molar-refractivity contribution in [3.63, 3.8) is 0 Å². The van der Waals surface area contributed by atoms with E-state index in [2.05, 4.69) is 24.8 Å². The first-order valence-electron chi connectivity index (χ1n) is 9.85. The molecule has 6 nitrogen and oxygen atoms in total. The summed E-state index contributed by atoms with van der Waals surface area (Å²) in [5.74, 6) is 0.657. The summed E-state index contributed by atoms with van der Waals surface area (Å²) in [5.41, 5.74) is 5.01. The van der Waals surface area contributed by atoms with Crippen molar-refractivity contribution in [2.24, 2.45) is 0 Å². The van der Waals surface area contributed by atoms with Gasteiger partial charge in [0, 0.05) is 17.4 Å². The summed E-state index contributed by atoms with van der Waals surface area (Å²) in [6.45, 7) is 3.88. The van der Waals surface area contributed by atoms with Crippen molar-refractivity contribution in [1.29, 1.82) is 0 Å². The van der Waals surface area contributed by atoms with Gasteiger partial charge in [-0.2, -0.15) is 0 Å². The number of hydrogen-bond acceptors (Lipinski definition) is 5. The number of rotatable bonds is 4. The lowest BCUT2D eigenvalue weighted by Gasteiger charge is -2.07. The molecular weight excluding hydrogens is 406 g/mol. The Hall–Kier alpha value is -3.84. The molecule has 0 saturated carbocycles. The van der Waals surface area contributed by atoms with Crippen LogP contribution in [0.1, 0.15) is 21.9 Å². The molecule has 5 aromatic rings. The lowest BCUT2D eigenvalue weighted by atomic mass is 10.2. The minimum atomic E-state index is -0.213. The van der Waals surface area contributed by atoms with Gasteiger partial charge in [0.15, 0.2) is 5.13 Å². The van der Waals surface area contributed by atoms with Gasteiger partial charge in [0.1, 0.15) is 5.82 Å². The van der Waals surface area contributed by atoms with Crippen LogP contribution in [-0.2, 0) is 0 Å². The Balaban J connectivity index is 1.43. The molecule has 0 atom stereocenters. The monoisotopic (exact) mass is 425 g/mol. The van der Waals surface area contributed by atoms with Crippen molar-refractivity contribution >= 4 is 33.4 Å². The molecule has 0 spiro atoms. The van der Waals surface area contributed by atoms with Crippen molar-refractivity contribution in [1.82, 2.24) is 19.5 Å². The maximum atomic E-state index is 12.9. The van der Waals surface area contributed by atoms with E-state index in [0.717, 1.165) is 38.8 Å². The molecule has 1 amide bonds. The first-order chi connectivity index (χ1) is 15.1. The highest BCUT2D eigenvalue weighted by Gasteiger charge is 2.16. The molecule has 3 aromatic heterocycles. The molecule has 0 saturated heterocycles. The molecule has 0 radical (unpaired) electrons. The van der Waals surface area contributed by atoms with Gasteiger partial charge in [-0.25, -0.2) is 9.97 Å². The van der Waals surface area contributed by atoms with E-state index in [0.29, 0.717) is 10.7 Å². The fraction of sp³-hybridized carbons (Fsp3) is 0.0833. The van der Waals surface area contributed by atoms with Crippen molar-refractivity contribution in [3.05, 3.63) is 90.0 Å². The van der Waals surface area contributed by atoms with Crippen LogP contribution >= 0.6 is 11.3 Å². The van der Waals surface area contributed by atoms with Crippen LogP contribution in [-0.4, -0.2) is 25.4 Å². The van der Waals surface area contributed by atoms with Crippen LogP contribution in [0, 0.1) is 13.8 Å². The van der Waals surface area contributed by atoms with Gasteiger partial charge >= 0.3 is 0 Å². The standard InChI is InChI=1S/C24H19N5OS/c1-15-22(19-10-6-7-13-25-19)31-24(26-15)28-23(30)17-11-12-21-20(14-17)27-16(2)29(21)18-8-4-3-5-9-18/h3-14H,1-2H3,(H,26,28,30). The molecule has 152 valence electrons. The highest BCUT2D eigenvalue weighted by Crippen LogP contribution is 2.31. The summed E-state index contributed by atoms with van der Waals surface area (Å²) in [5, 5.41) is 3.46. The molecule has 7 heteroatoms. The predicted molar refractivity (Wildman–Crippen MR) is 124 cm³/mol. The van der Waals surface area contributed by atoms with Gasteiger partial charge in [-0.1, -0.05) is 35.6 Å². The van der Waals surface area contributed by atoms with Crippen LogP contribution < -0.4 is 5.32 Å². The smallest absolute Gasteiger partial charge is 0.257 e. The number of nitrogens with zero attached hydrogens (tertiary/aromatic N) is 4. The van der Waals surface area contributed by atoms with E-state index in [-0.39, 0.29) is 5.91 Å². The highest BCUT2D eigenvalue weighted by molar-refractivity contribution is 7.19. The fourth-order valence-corrected chi connectivity index (χ4v) is 4.54. The molecule has 1 N–H and O–H groups in total.